The van der Waals surface area contributed by atoms with E-state index >= 15 is 0 Å². The third-order valence-electron chi connectivity index (χ3n) is 4.14. The second-order valence-electron chi connectivity index (χ2n) is 5.71. The number of ether oxygens (including phenoxy) is 1. The topological polar surface area (TPSA) is 72.6 Å². The van der Waals surface area contributed by atoms with Crippen molar-refractivity contribution < 1.29 is 13.2 Å². The second-order valence-corrected chi connectivity index (χ2v) is 7.65. The first-order chi connectivity index (χ1) is 9.95. The summed E-state index contributed by atoms with van der Waals surface area (Å²) in [6.07, 6.45) is 0.915. The highest BCUT2D eigenvalue weighted by Gasteiger charge is 2.31. The molecule has 0 radical (unpaired) electrons. The van der Waals surface area contributed by atoms with Gasteiger partial charge in [-0.3, -0.25) is 0 Å². The fourth-order valence-electron chi connectivity index (χ4n) is 2.48. The molecule has 5 nitrogen and oxygen atoms in total. The summed E-state index contributed by atoms with van der Waals surface area (Å²) in [5, 5.41) is 0. The normalized spacial score (nSPS) is 24.0. The number of nitrogens with two attached hydrogens (primary N) is 1. The van der Waals surface area contributed by atoms with Crippen LogP contribution in [0, 0.1) is 11.8 Å². The lowest BCUT2D eigenvalue weighted by Gasteiger charge is -2.34. The quantitative estimate of drug-likeness (QED) is 0.898. The minimum Gasteiger partial charge on any atom is -0.492 e. The van der Waals surface area contributed by atoms with Crippen molar-refractivity contribution in [3.05, 3.63) is 24.3 Å². The number of hydrogen-bond acceptors (Lipinski definition) is 4. The van der Waals surface area contributed by atoms with E-state index < -0.39 is 10.0 Å². The van der Waals surface area contributed by atoms with Crippen molar-refractivity contribution in [2.75, 3.05) is 26.2 Å². The molecule has 0 aromatic heterocycles. The van der Waals surface area contributed by atoms with Gasteiger partial charge in [0, 0.05) is 19.6 Å². The summed E-state index contributed by atoms with van der Waals surface area (Å²) >= 11 is 0. The van der Waals surface area contributed by atoms with Crippen LogP contribution in [-0.2, 0) is 10.0 Å². The Labute approximate surface area is 127 Å². The molecular weight excluding hydrogens is 288 g/mol. The van der Waals surface area contributed by atoms with E-state index in [1.54, 1.807) is 28.6 Å². The van der Waals surface area contributed by atoms with Crippen molar-refractivity contribution in [2.24, 2.45) is 17.6 Å². The molecule has 1 aliphatic rings. The lowest BCUT2D eigenvalue weighted by Crippen LogP contribution is -2.42. The number of hydrogen-bond donors (Lipinski definition) is 1. The minimum atomic E-state index is -3.40. The van der Waals surface area contributed by atoms with Gasteiger partial charge < -0.3 is 10.5 Å². The predicted molar refractivity (Wildman–Crippen MR) is 82.7 cm³/mol. The van der Waals surface area contributed by atoms with Gasteiger partial charge in [-0.1, -0.05) is 13.8 Å². The van der Waals surface area contributed by atoms with Gasteiger partial charge >= 0.3 is 0 Å². The molecule has 6 heteroatoms. The zero-order chi connectivity index (χ0) is 15.5. The maximum Gasteiger partial charge on any atom is 0.243 e. The van der Waals surface area contributed by atoms with Crippen LogP contribution in [0.1, 0.15) is 20.3 Å². The highest BCUT2D eigenvalue weighted by molar-refractivity contribution is 7.89. The van der Waals surface area contributed by atoms with Gasteiger partial charge in [-0.25, -0.2) is 8.42 Å². The Bertz CT molecular complexity index is 557. The van der Waals surface area contributed by atoms with Crippen molar-refractivity contribution in [2.45, 2.75) is 25.2 Å². The van der Waals surface area contributed by atoms with E-state index in [1.807, 2.05) is 0 Å². The van der Waals surface area contributed by atoms with Crippen molar-refractivity contribution >= 4 is 10.0 Å². The average molecular weight is 312 g/mol. The lowest BCUT2D eigenvalue weighted by molar-refractivity contribution is 0.212. The maximum absolute atomic E-state index is 12.6. The number of nitrogens with zero attached hydrogens (tertiary/aromatic N) is 1. The van der Waals surface area contributed by atoms with E-state index in [-0.39, 0.29) is 0 Å². The van der Waals surface area contributed by atoms with E-state index in [0.29, 0.717) is 48.7 Å². The molecule has 118 valence electrons. The summed E-state index contributed by atoms with van der Waals surface area (Å²) in [5.74, 6) is 1.60. The molecule has 21 heavy (non-hydrogen) atoms. The zero-order valence-electron chi connectivity index (χ0n) is 12.7. The van der Waals surface area contributed by atoms with Gasteiger partial charge in [0.25, 0.3) is 0 Å². The first-order valence-electron chi connectivity index (χ1n) is 7.38. The molecule has 0 amide bonds. The van der Waals surface area contributed by atoms with Gasteiger partial charge in [-0.05, 0) is 42.5 Å². The van der Waals surface area contributed by atoms with Crippen molar-refractivity contribution in [3.63, 3.8) is 0 Å². The summed E-state index contributed by atoms with van der Waals surface area (Å²) in [6.45, 7) is 6.33. The summed E-state index contributed by atoms with van der Waals surface area (Å²) in [6, 6.07) is 6.56. The van der Waals surface area contributed by atoms with Crippen LogP contribution in [0.15, 0.2) is 29.2 Å². The van der Waals surface area contributed by atoms with Crippen LogP contribution in [0.5, 0.6) is 5.75 Å². The molecule has 1 saturated heterocycles. The van der Waals surface area contributed by atoms with Gasteiger partial charge in [-0.15, -0.1) is 0 Å². The molecule has 0 bridgehead atoms. The van der Waals surface area contributed by atoms with E-state index in [9.17, 15) is 8.42 Å². The van der Waals surface area contributed by atoms with Crippen LogP contribution in [0.3, 0.4) is 0 Å². The second kappa shape index (κ2) is 6.77. The van der Waals surface area contributed by atoms with E-state index in [2.05, 4.69) is 13.8 Å². The van der Waals surface area contributed by atoms with Crippen molar-refractivity contribution in [3.8, 4) is 5.75 Å². The van der Waals surface area contributed by atoms with Crippen LogP contribution in [0.4, 0.5) is 0 Å². The maximum atomic E-state index is 12.6. The molecule has 1 aromatic rings. The summed E-state index contributed by atoms with van der Waals surface area (Å²) < 4.78 is 32.2. The monoisotopic (exact) mass is 312 g/mol. The largest absolute Gasteiger partial charge is 0.492 e. The number of sulfonamides is 1. The van der Waals surface area contributed by atoms with E-state index in [0.717, 1.165) is 6.42 Å². The molecule has 0 saturated carbocycles. The van der Waals surface area contributed by atoms with Gasteiger partial charge in [0.05, 0.1) is 4.90 Å². The molecular formula is C15H24N2O3S. The summed E-state index contributed by atoms with van der Waals surface area (Å²) in [4.78, 5) is 0.323. The molecule has 2 N–H and O–H groups in total. The van der Waals surface area contributed by atoms with Crippen molar-refractivity contribution in [1.29, 1.82) is 0 Å². The fourth-order valence-corrected chi connectivity index (χ4v) is 4.03. The zero-order valence-corrected chi connectivity index (χ0v) is 13.5. The Morgan fingerprint density at radius 2 is 1.90 bits per heavy atom. The number of rotatable bonds is 5. The first kappa shape index (κ1) is 16.3. The molecule has 2 atom stereocenters. The minimum absolute atomic E-state index is 0.323. The predicted octanol–water partition coefficient (Wildman–Crippen LogP) is 1.69. The van der Waals surface area contributed by atoms with Crippen molar-refractivity contribution in [1.82, 2.24) is 4.31 Å². The van der Waals surface area contributed by atoms with Crippen LogP contribution in [-0.4, -0.2) is 39.0 Å². The van der Waals surface area contributed by atoms with E-state index in [4.69, 9.17) is 10.5 Å². The van der Waals surface area contributed by atoms with Crippen LogP contribution in [0.25, 0.3) is 0 Å². The SMILES string of the molecule is CC1CCN(S(=O)(=O)c2ccc(OCCN)cc2)CC1C. The third-order valence-corrected chi connectivity index (χ3v) is 6.02. The Hall–Kier alpha value is -1.11. The third kappa shape index (κ3) is 3.75. The Balaban J connectivity index is 2.12. The van der Waals surface area contributed by atoms with Gasteiger partial charge in [0.15, 0.2) is 0 Å². The summed E-state index contributed by atoms with van der Waals surface area (Å²) in [7, 11) is -3.40. The van der Waals surface area contributed by atoms with E-state index in [1.165, 1.54) is 0 Å². The number of piperidine rings is 1. The molecule has 1 aromatic carbocycles. The lowest BCUT2D eigenvalue weighted by atomic mass is 9.90. The molecule has 0 aliphatic carbocycles. The molecule has 1 fully saturated rings. The highest BCUT2D eigenvalue weighted by Crippen LogP contribution is 2.27. The molecule has 1 aliphatic heterocycles. The Morgan fingerprint density at radius 1 is 1.24 bits per heavy atom. The van der Waals surface area contributed by atoms with Gasteiger partial charge in [0.2, 0.25) is 10.0 Å². The first-order valence-corrected chi connectivity index (χ1v) is 8.82. The molecule has 1 heterocycles. The Kier molecular flexibility index (Phi) is 5.24. The van der Waals surface area contributed by atoms with Crippen LogP contribution >= 0.6 is 0 Å². The highest BCUT2D eigenvalue weighted by atomic mass is 32.2. The number of benzene rings is 1. The summed E-state index contributed by atoms with van der Waals surface area (Å²) in [5.41, 5.74) is 5.37. The molecule has 0 spiro atoms. The molecule has 2 unspecified atom stereocenters. The Morgan fingerprint density at radius 3 is 2.48 bits per heavy atom. The van der Waals surface area contributed by atoms with Gasteiger partial charge in [0.1, 0.15) is 12.4 Å². The van der Waals surface area contributed by atoms with Crippen LogP contribution in [0.2, 0.25) is 0 Å². The average Bonchev–Trinajstić information content (AvgIpc) is 2.48. The fraction of sp³-hybridized carbons (Fsp3) is 0.600. The standard InChI is InChI=1S/C15H24N2O3S/c1-12-7-9-17(11-13(12)2)21(18,19)15-5-3-14(4-6-15)20-10-8-16/h3-6,12-13H,7-11,16H2,1-2H3. The molecule has 2 rings (SSSR count). The van der Waals surface area contributed by atoms with Gasteiger partial charge in [-0.2, -0.15) is 4.31 Å². The smallest absolute Gasteiger partial charge is 0.243 e. The van der Waals surface area contributed by atoms with Crippen LogP contribution < -0.4 is 10.5 Å².